The minimum atomic E-state index is -3.34. The van der Waals surface area contributed by atoms with Crippen LogP contribution < -0.4 is 0 Å². The van der Waals surface area contributed by atoms with Crippen LogP contribution in [0.2, 0.25) is 5.02 Å². The van der Waals surface area contributed by atoms with Gasteiger partial charge in [-0.1, -0.05) is 24.6 Å². The highest BCUT2D eigenvalue weighted by atomic mass is 35.5. The van der Waals surface area contributed by atoms with Crippen LogP contribution in [0.3, 0.4) is 0 Å². The minimum Gasteiger partial charge on any atom is -0.481 e. The van der Waals surface area contributed by atoms with Crippen molar-refractivity contribution in [1.82, 2.24) is 0 Å². The summed E-state index contributed by atoms with van der Waals surface area (Å²) in [5, 5.41) is 8.89. The molecule has 1 aromatic carbocycles. The maximum atomic E-state index is 11.3. The molecule has 4 nitrogen and oxygen atoms in total. The molecule has 0 fully saturated rings. The third-order valence-electron chi connectivity index (χ3n) is 2.36. The van der Waals surface area contributed by atoms with E-state index in [-0.39, 0.29) is 9.92 Å². The van der Waals surface area contributed by atoms with Crippen LogP contribution in [0.1, 0.15) is 12.5 Å². The molecule has 0 radical (unpaired) electrons. The van der Waals surface area contributed by atoms with Gasteiger partial charge in [-0.25, -0.2) is 8.42 Å². The first-order valence-electron chi connectivity index (χ1n) is 4.93. The van der Waals surface area contributed by atoms with E-state index >= 15 is 0 Å². The summed E-state index contributed by atoms with van der Waals surface area (Å²) < 4.78 is 22.6. The third-order valence-corrected chi connectivity index (χ3v) is 3.94. The highest BCUT2D eigenvalue weighted by Crippen LogP contribution is 2.23. The lowest BCUT2D eigenvalue weighted by Crippen LogP contribution is -2.12. The zero-order chi connectivity index (χ0) is 13.2. The van der Waals surface area contributed by atoms with Gasteiger partial charge in [-0.3, -0.25) is 4.79 Å². The number of carboxylic acid groups (broad SMARTS) is 1. The number of sulfone groups is 1. The number of hydrogen-bond acceptors (Lipinski definition) is 3. The van der Waals surface area contributed by atoms with Crippen LogP contribution in [0.15, 0.2) is 23.1 Å². The fourth-order valence-corrected chi connectivity index (χ4v) is 2.76. The number of carboxylic acids is 1. The van der Waals surface area contributed by atoms with E-state index in [1.54, 1.807) is 13.0 Å². The Labute approximate surface area is 105 Å². The van der Waals surface area contributed by atoms with Gasteiger partial charge in [0.1, 0.15) is 0 Å². The van der Waals surface area contributed by atoms with Gasteiger partial charge in [-0.2, -0.15) is 0 Å². The molecular formula is C11H13ClO4S. The minimum absolute atomic E-state index is 0.0610. The SMILES string of the molecule is CC(Cc1ccc(S(C)(=O)=O)c(Cl)c1)C(=O)O. The molecule has 0 saturated carbocycles. The van der Waals surface area contributed by atoms with Crippen molar-refractivity contribution in [2.24, 2.45) is 5.92 Å². The summed E-state index contributed by atoms with van der Waals surface area (Å²) in [5.41, 5.74) is 0.706. The fourth-order valence-electron chi connectivity index (χ4n) is 1.41. The van der Waals surface area contributed by atoms with Gasteiger partial charge >= 0.3 is 5.97 Å². The molecule has 6 heteroatoms. The quantitative estimate of drug-likeness (QED) is 0.913. The average Bonchev–Trinajstić information content (AvgIpc) is 2.15. The topological polar surface area (TPSA) is 71.4 Å². The number of rotatable bonds is 4. The van der Waals surface area contributed by atoms with E-state index in [2.05, 4.69) is 0 Å². The number of halogens is 1. The van der Waals surface area contributed by atoms with E-state index < -0.39 is 21.7 Å². The van der Waals surface area contributed by atoms with E-state index in [1.807, 2.05) is 0 Å². The van der Waals surface area contributed by atoms with Crippen molar-refractivity contribution in [3.05, 3.63) is 28.8 Å². The summed E-state index contributed by atoms with van der Waals surface area (Å²) in [5.74, 6) is -1.43. The van der Waals surface area contributed by atoms with Crippen LogP contribution in [0, 0.1) is 5.92 Å². The van der Waals surface area contributed by atoms with Crippen LogP contribution in [-0.4, -0.2) is 25.7 Å². The summed E-state index contributed by atoms with van der Waals surface area (Å²) in [6, 6.07) is 4.49. The second kappa shape index (κ2) is 5.06. The van der Waals surface area contributed by atoms with Gasteiger partial charge in [0, 0.05) is 6.26 Å². The predicted octanol–water partition coefficient (Wildman–Crippen LogP) is 2.01. The molecule has 0 aromatic heterocycles. The zero-order valence-electron chi connectivity index (χ0n) is 9.47. The second-order valence-electron chi connectivity index (χ2n) is 3.98. The first kappa shape index (κ1) is 14.0. The Bertz CT molecular complexity index is 536. The van der Waals surface area contributed by atoms with Crippen LogP contribution in [0.4, 0.5) is 0 Å². The summed E-state index contributed by atoms with van der Waals surface area (Å²) in [4.78, 5) is 10.7. The molecule has 1 N–H and O–H groups in total. The normalized spacial score (nSPS) is 13.4. The van der Waals surface area contributed by atoms with E-state index in [4.69, 9.17) is 16.7 Å². The molecule has 17 heavy (non-hydrogen) atoms. The Morgan fingerprint density at radius 3 is 2.47 bits per heavy atom. The van der Waals surface area contributed by atoms with Gasteiger partial charge in [-0.15, -0.1) is 0 Å². The van der Waals surface area contributed by atoms with Gasteiger partial charge in [0.15, 0.2) is 9.84 Å². The largest absolute Gasteiger partial charge is 0.481 e. The van der Waals surface area contributed by atoms with E-state index in [1.165, 1.54) is 12.1 Å². The molecule has 1 rings (SSSR count). The first-order valence-corrected chi connectivity index (χ1v) is 7.20. The highest BCUT2D eigenvalue weighted by molar-refractivity contribution is 7.90. The van der Waals surface area contributed by atoms with Crippen molar-refractivity contribution < 1.29 is 18.3 Å². The first-order chi connectivity index (χ1) is 7.71. The molecule has 0 spiro atoms. The smallest absolute Gasteiger partial charge is 0.306 e. The van der Waals surface area contributed by atoms with E-state index in [0.29, 0.717) is 12.0 Å². The Morgan fingerprint density at radius 1 is 1.47 bits per heavy atom. The van der Waals surface area contributed by atoms with Gasteiger partial charge in [-0.05, 0) is 24.1 Å². The van der Waals surface area contributed by atoms with Crippen LogP contribution in [0.5, 0.6) is 0 Å². The number of hydrogen-bond donors (Lipinski definition) is 1. The van der Waals surface area contributed by atoms with Gasteiger partial charge < -0.3 is 5.11 Å². The Kier molecular flexibility index (Phi) is 4.16. The number of carbonyl (C=O) groups is 1. The molecule has 0 bridgehead atoms. The standard InChI is InChI=1S/C11H13ClO4S/c1-7(11(13)14)5-8-3-4-10(9(12)6-8)17(2,15)16/h3-4,6-7H,5H2,1-2H3,(H,13,14). The lowest BCUT2D eigenvalue weighted by Gasteiger charge is -2.08. The highest BCUT2D eigenvalue weighted by Gasteiger charge is 2.15. The van der Waals surface area contributed by atoms with Crippen LogP contribution in [-0.2, 0) is 21.1 Å². The van der Waals surface area contributed by atoms with Crippen LogP contribution >= 0.6 is 11.6 Å². The molecule has 1 atom stereocenters. The lowest BCUT2D eigenvalue weighted by atomic mass is 10.0. The molecule has 0 heterocycles. The molecular weight excluding hydrogens is 264 g/mol. The Hall–Kier alpha value is -1.07. The molecule has 0 aliphatic heterocycles. The average molecular weight is 277 g/mol. The molecule has 0 amide bonds. The molecule has 1 aromatic rings. The second-order valence-corrected chi connectivity index (χ2v) is 6.37. The van der Waals surface area contributed by atoms with Crippen molar-refractivity contribution >= 4 is 27.4 Å². The Morgan fingerprint density at radius 2 is 2.06 bits per heavy atom. The fraction of sp³-hybridized carbons (Fsp3) is 0.364. The maximum Gasteiger partial charge on any atom is 0.306 e. The molecule has 0 aliphatic rings. The monoisotopic (exact) mass is 276 g/mol. The third kappa shape index (κ3) is 3.71. The molecule has 1 unspecified atom stereocenters. The lowest BCUT2D eigenvalue weighted by molar-refractivity contribution is -0.141. The Balaban J connectivity index is 3.02. The summed E-state index contributed by atoms with van der Waals surface area (Å²) >= 11 is 5.85. The van der Waals surface area contributed by atoms with E-state index in [9.17, 15) is 13.2 Å². The maximum absolute atomic E-state index is 11.3. The van der Waals surface area contributed by atoms with Crippen molar-refractivity contribution in [3.63, 3.8) is 0 Å². The van der Waals surface area contributed by atoms with E-state index in [0.717, 1.165) is 6.26 Å². The number of aliphatic carboxylic acids is 1. The van der Waals surface area contributed by atoms with Gasteiger partial charge in [0.05, 0.1) is 15.8 Å². The number of benzene rings is 1. The van der Waals surface area contributed by atoms with Crippen molar-refractivity contribution in [1.29, 1.82) is 0 Å². The predicted molar refractivity (Wildman–Crippen MR) is 65.1 cm³/mol. The summed E-state index contributed by atoms with van der Waals surface area (Å²) in [7, 11) is -3.34. The molecule has 94 valence electrons. The van der Waals surface area contributed by atoms with Gasteiger partial charge in [0.25, 0.3) is 0 Å². The van der Waals surface area contributed by atoms with Crippen molar-refractivity contribution in [2.45, 2.75) is 18.2 Å². The zero-order valence-corrected chi connectivity index (χ0v) is 11.0. The van der Waals surface area contributed by atoms with Crippen molar-refractivity contribution in [3.8, 4) is 0 Å². The molecule has 0 aliphatic carbocycles. The summed E-state index contributed by atoms with van der Waals surface area (Å²) in [6.07, 6.45) is 1.40. The van der Waals surface area contributed by atoms with Gasteiger partial charge in [0.2, 0.25) is 0 Å². The van der Waals surface area contributed by atoms with Crippen LogP contribution in [0.25, 0.3) is 0 Å². The molecule has 0 saturated heterocycles. The summed E-state index contributed by atoms with van der Waals surface area (Å²) in [6.45, 7) is 1.58. The van der Waals surface area contributed by atoms with Crippen molar-refractivity contribution in [2.75, 3.05) is 6.26 Å².